The standard InChI is InChI=1S/C17H27N5O3/c1-14(17(24)20-8-6-19(7-9-20)15(2)23)21-10-11-25-16(12-21)13-22-5-3-4-18-22/h3-5,14,16H,6-13H2,1-2H3/t14-,16+/m0/s1. The zero-order valence-electron chi connectivity index (χ0n) is 15.0. The second-order valence-electron chi connectivity index (χ2n) is 6.72. The number of ether oxygens (including phenoxy) is 1. The molecule has 8 heteroatoms. The van der Waals surface area contributed by atoms with Crippen molar-refractivity contribution in [3.63, 3.8) is 0 Å². The van der Waals surface area contributed by atoms with E-state index in [1.54, 1.807) is 18.0 Å². The van der Waals surface area contributed by atoms with Gasteiger partial charge in [-0.25, -0.2) is 0 Å². The largest absolute Gasteiger partial charge is 0.374 e. The quantitative estimate of drug-likeness (QED) is 0.744. The van der Waals surface area contributed by atoms with Crippen molar-refractivity contribution in [2.24, 2.45) is 0 Å². The molecule has 2 saturated heterocycles. The van der Waals surface area contributed by atoms with Crippen LogP contribution >= 0.6 is 0 Å². The highest BCUT2D eigenvalue weighted by Gasteiger charge is 2.32. The van der Waals surface area contributed by atoms with E-state index in [-0.39, 0.29) is 24.0 Å². The van der Waals surface area contributed by atoms with Gasteiger partial charge in [0.2, 0.25) is 11.8 Å². The number of morpholine rings is 1. The molecule has 0 radical (unpaired) electrons. The van der Waals surface area contributed by atoms with Gasteiger partial charge in [0.1, 0.15) is 0 Å². The van der Waals surface area contributed by atoms with Crippen LogP contribution in [0.25, 0.3) is 0 Å². The first-order chi connectivity index (χ1) is 12.0. The van der Waals surface area contributed by atoms with E-state index in [2.05, 4.69) is 10.00 Å². The Morgan fingerprint density at radius 3 is 2.56 bits per heavy atom. The molecule has 8 nitrogen and oxygen atoms in total. The molecule has 2 fully saturated rings. The van der Waals surface area contributed by atoms with Crippen LogP contribution in [-0.4, -0.2) is 94.3 Å². The van der Waals surface area contributed by atoms with E-state index in [1.807, 2.05) is 28.8 Å². The average Bonchev–Trinajstić information content (AvgIpc) is 3.13. The highest BCUT2D eigenvalue weighted by atomic mass is 16.5. The monoisotopic (exact) mass is 349 g/mol. The van der Waals surface area contributed by atoms with E-state index in [1.165, 1.54) is 0 Å². The highest BCUT2D eigenvalue weighted by Crippen LogP contribution is 2.14. The molecule has 0 aliphatic carbocycles. The Balaban J connectivity index is 1.52. The first kappa shape index (κ1) is 17.9. The molecule has 0 bridgehead atoms. The Morgan fingerprint density at radius 2 is 1.92 bits per heavy atom. The minimum absolute atomic E-state index is 0.0402. The Morgan fingerprint density at radius 1 is 1.20 bits per heavy atom. The molecule has 0 N–H and O–H groups in total. The van der Waals surface area contributed by atoms with E-state index in [0.717, 1.165) is 13.1 Å². The summed E-state index contributed by atoms with van der Waals surface area (Å²) in [6.07, 6.45) is 3.72. The SMILES string of the molecule is CC(=O)N1CCN(C(=O)[C@H](C)N2CCO[C@@H](Cn3cccn3)C2)CC1. The molecule has 2 aliphatic heterocycles. The molecule has 1 aromatic heterocycles. The first-order valence-electron chi connectivity index (χ1n) is 8.92. The van der Waals surface area contributed by atoms with Gasteiger partial charge in [0.15, 0.2) is 0 Å². The molecule has 138 valence electrons. The van der Waals surface area contributed by atoms with Crippen LogP contribution in [0.1, 0.15) is 13.8 Å². The zero-order chi connectivity index (χ0) is 17.8. The number of hydrogen-bond donors (Lipinski definition) is 0. The normalized spacial score (nSPS) is 23.5. The van der Waals surface area contributed by atoms with Crippen molar-refractivity contribution in [1.82, 2.24) is 24.5 Å². The lowest BCUT2D eigenvalue weighted by Gasteiger charge is -2.40. The van der Waals surface area contributed by atoms with Crippen molar-refractivity contribution in [3.8, 4) is 0 Å². The van der Waals surface area contributed by atoms with E-state index in [9.17, 15) is 9.59 Å². The van der Waals surface area contributed by atoms with Crippen LogP contribution in [0.2, 0.25) is 0 Å². The number of aromatic nitrogens is 2. The summed E-state index contributed by atoms with van der Waals surface area (Å²) in [6, 6.07) is 1.72. The van der Waals surface area contributed by atoms with E-state index < -0.39 is 0 Å². The van der Waals surface area contributed by atoms with Gasteiger partial charge in [-0.3, -0.25) is 19.2 Å². The number of amides is 2. The van der Waals surface area contributed by atoms with Crippen molar-refractivity contribution < 1.29 is 14.3 Å². The van der Waals surface area contributed by atoms with Gasteiger partial charge in [0.25, 0.3) is 0 Å². The molecule has 25 heavy (non-hydrogen) atoms. The summed E-state index contributed by atoms with van der Waals surface area (Å²) < 4.78 is 7.69. The molecule has 0 aromatic carbocycles. The number of hydrogen-bond acceptors (Lipinski definition) is 5. The minimum Gasteiger partial charge on any atom is -0.374 e. The number of piperazine rings is 1. The van der Waals surface area contributed by atoms with Gasteiger partial charge in [-0.05, 0) is 13.0 Å². The van der Waals surface area contributed by atoms with Gasteiger partial charge in [0, 0.05) is 58.6 Å². The Bertz CT molecular complexity index is 583. The van der Waals surface area contributed by atoms with E-state index in [0.29, 0.717) is 39.3 Å². The van der Waals surface area contributed by atoms with Crippen molar-refractivity contribution in [1.29, 1.82) is 0 Å². The van der Waals surface area contributed by atoms with Crippen LogP contribution in [0.3, 0.4) is 0 Å². The van der Waals surface area contributed by atoms with Crippen LogP contribution in [-0.2, 0) is 20.9 Å². The van der Waals surface area contributed by atoms with Gasteiger partial charge in [-0.1, -0.05) is 0 Å². The van der Waals surface area contributed by atoms with Crippen molar-refractivity contribution in [2.45, 2.75) is 32.5 Å². The molecule has 0 unspecified atom stereocenters. The Hall–Kier alpha value is -1.93. The molecule has 1 aromatic rings. The maximum Gasteiger partial charge on any atom is 0.239 e. The number of carbonyl (C=O) groups is 2. The summed E-state index contributed by atoms with van der Waals surface area (Å²) in [5.41, 5.74) is 0. The van der Waals surface area contributed by atoms with Crippen LogP contribution in [0.4, 0.5) is 0 Å². The van der Waals surface area contributed by atoms with Crippen LogP contribution in [0, 0.1) is 0 Å². The summed E-state index contributed by atoms with van der Waals surface area (Å²) in [5.74, 6) is 0.220. The van der Waals surface area contributed by atoms with Crippen LogP contribution in [0.5, 0.6) is 0 Å². The molecular weight excluding hydrogens is 322 g/mol. The Kier molecular flexibility index (Phi) is 5.70. The molecule has 2 amide bonds. The third-order valence-corrected chi connectivity index (χ3v) is 5.06. The van der Waals surface area contributed by atoms with Crippen molar-refractivity contribution >= 4 is 11.8 Å². The average molecular weight is 349 g/mol. The molecule has 2 aliphatic rings. The zero-order valence-corrected chi connectivity index (χ0v) is 15.0. The topological polar surface area (TPSA) is 70.9 Å². The van der Waals surface area contributed by atoms with Crippen molar-refractivity contribution in [3.05, 3.63) is 18.5 Å². The molecule has 3 heterocycles. The number of rotatable bonds is 4. The van der Waals surface area contributed by atoms with Gasteiger partial charge < -0.3 is 14.5 Å². The predicted molar refractivity (Wildman–Crippen MR) is 91.8 cm³/mol. The fraction of sp³-hybridized carbons (Fsp3) is 0.706. The summed E-state index contributed by atoms with van der Waals surface area (Å²) in [7, 11) is 0. The lowest BCUT2D eigenvalue weighted by Crippen LogP contribution is -2.57. The number of nitrogens with zero attached hydrogens (tertiary/aromatic N) is 5. The lowest BCUT2D eigenvalue weighted by atomic mass is 10.1. The third kappa shape index (κ3) is 4.38. The van der Waals surface area contributed by atoms with E-state index >= 15 is 0 Å². The molecule has 0 saturated carbocycles. The highest BCUT2D eigenvalue weighted by molar-refractivity contribution is 5.82. The number of carbonyl (C=O) groups excluding carboxylic acids is 2. The maximum atomic E-state index is 12.8. The summed E-state index contributed by atoms with van der Waals surface area (Å²) >= 11 is 0. The fourth-order valence-corrected chi connectivity index (χ4v) is 3.48. The second-order valence-corrected chi connectivity index (χ2v) is 6.72. The van der Waals surface area contributed by atoms with Crippen molar-refractivity contribution in [2.75, 3.05) is 45.9 Å². The third-order valence-electron chi connectivity index (χ3n) is 5.06. The lowest BCUT2D eigenvalue weighted by molar-refractivity contribution is -0.144. The predicted octanol–water partition coefficient (Wildman–Crippen LogP) is -0.337. The van der Waals surface area contributed by atoms with Crippen LogP contribution in [0.15, 0.2) is 18.5 Å². The van der Waals surface area contributed by atoms with E-state index in [4.69, 9.17) is 4.74 Å². The first-order valence-corrected chi connectivity index (χ1v) is 8.92. The molecule has 0 spiro atoms. The van der Waals surface area contributed by atoms with Crippen LogP contribution < -0.4 is 0 Å². The smallest absolute Gasteiger partial charge is 0.239 e. The van der Waals surface area contributed by atoms with Gasteiger partial charge in [-0.15, -0.1) is 0 Å². The minimum atomic E-state index is -0.173. The molecule has 2 atom stereocenters. The summed E-state index contributed by atoms with van der Waals surface area (Å²) in [4.78, 5) is 30.1. The molecule has 3 rings (SSSR count). The summed E-state index contributed by atoms with van der Waals surface area (Å²) in [5, 5.41) is 4.22. The van der Waals surface area contributed by atoms with Gasteiger partial charge in [-0.2, -0.15) is 5.10 Å². The molecular formula is C17H27N5O3. The fourth-order valence-electron chi connectivity index (χ4n) is 3.48. The van der Waals surface area contributed by atoms with Gasteiger partial charge >= 0.3 is 0 Å². The second kappa shape index (κ2) is 7.97. The Labute approximate surface area is 148 Å². The maximum absolute atomic E-state index is 12.8. The summed E-state index contributed by atoms with van der Waals surface area (Å²) in [6.45, 7) is 8.83. The van der Waals surface area contributed by atoms with Gasteiger partial charge in [0.05, 0.1) is 25.3 Å².